The predicted octanol–water partition coefficient (Wildman–Crippen LogP) is 2.10. The van der Waals surface area contributed by atoms with Crippen LogP contribution in [0.2, 0.25) is 0 Å². The molecule has 1 atom stereocenters. The number of rotatable bonds is 5. The van der Waals surface area contributed by atoms with Crippen molar-refractivity contribution >= 4 is 22.2 Å². The molecule has 0 aliphatic rings. The zero-order valence-electron chi connectivity index (χ0n) is 12.5. The minimum atomic E-state index is -1.27. The van der Waals surface area contributed by atoms with Gasteiger partial charge >= 0.3 is 0 Å². The first-order chi connectivity index (χ1) is 10.9. The molecule has 7 heteroatoms. The lowest BCUT2D eigenvalue weighted by Gasteiger charge is -2.24. The van der Waals surface area contributed by atoms with E-state index in [1.54, 1.807) is 6.92 Å². The van der Waals surface area contributed by atoms with Crippen LogP contribution < -0.4 is 5.32 Å². The second-order valence-electron chi connectivity index (χ2n) is 5.56. The number of thiazole rings is 1. The molecule has 1 aromatic carbocycles. The molecule has 0 saturated heterocycles. The van der Waals surface area contributed by atoms with Crippen molar-refractivity contribution in [1.29, 1.82) is 0 Å². The number of carbonyl (C=O) groups excluding carboxylic acids is 1. The molecular weight excluding hydrogens is 317 g/mol. The van der Waals surface area contributed by atoms with Gasteiger partial charge < -0.3 is 10.4 Å². The largest absolute Gasteiger partial charge is 0.384 e. The van der Waals surface area contributed by atoms with Crippen LogP contribution in [0.4, 0.5) is 4.39 Å². The Hall–Kier alpha value is -2.25. The van der Waals surface area contributed by atoms with Gasteiger partial charge in [0.25, 0.3) is 0 Å². The Labute approximate surface area is 136 Å². The van der Waals surface area contributed by atoms with Crippen LogP contribution in [0, 0.1) is 5.82 Å². The van der Waals surface area contributed by atoms with Crippen LogP contribution >= 0.6 is 11.3 Å². The molecule has 0 fully saturated rings. The number of imidazole rings is 1. The summed E-state index contributed by atoms with van der Waals surface area (Å²) in [6.07, 6.45) is 3.84. The van der Waals surface area contributed by atoms with Crippen molar-refractivity contribution in [2.45, 2.75) is 18.9 Å². The quantitative estimate of drug-likeness (QED) is 0.751. The lowest BCUT2D eigenvalue weighted by atomic mass is 9.96. The highest BCUT2D eigenvalue weighted by Gasteiger charge is 2.24. The van der Waals surface area contributed by atoms with Gasteiger partial charge in [0.2, 0.25) is 5.91 Å². The summed E-state index contributed by atoms with van der Waals surface area (Å²) in [5.74, 6) is -0.591. The van der Waals surface area contributed by atoms with E-state index < -0.39 is 5.60 Å². The highest BCUT2D eigenvalue weighted by atomic mass is 32.1. The van der Waals surface area contributed by atoms with E-state index >= 15 is 0 Å². The number of amides is 1. The van der Waals surface area contributed by atoms with Gasteiger partial charge in [-0.25, -0.2) is 9.37 Å². The fourth-order valence-electron chi connectivity index (χ4n) is 2.27. The maximum atomic E-state index is 12.9. The maximum Gasteiger partial charge on any atom is 0.226 e. The molecule has 120 valence electrons. The standard InChI is InChI=1S/C16H16FN3O2S/c1-16(22,11-2-4-12(17)5-3-11)10-18-14(21)8-13-9-20-6-7-23-15(20)19-13/h2-7,9,22H,8,10H2,1H3,(H,18,21). The van der Waals surface area contributed by atoms with Crippen molar-refractivity contribution in [2.24, 2.45) is 0 Å². The number of nitrogens with one attached hydrogen (secondary N) is 1. The van der Waals surface area contributed by atoms with Gasteiger partial charge in [-0.1, -0.05) is 12.1 Å². The first kappa shape index (κ1) is 15.6. The Balaban J connectivity index is 1.59. The van der Waals surface area contributed by atoms with Crippen LogP contribution in [0.25, 0.3) is 4.96 Å². The maximum absolute atomic E-state index is 12.9. The lowest BCUT2D eigenvalue weighted by molar-refractivity contribution is -0.121. The van der Waals surface area contributed by atoms with E-state index in [-0.39, 0.29) is 24.7 Å². The number of halogens is 1. The van der Waals surface area contributed by atoms with Gasteiger partial charge in [0.05, 0.1) is 18.7 Å². The molecule has 0 bridgehead atoms. The van der Waals surface area contributed by atoms with Crippen LogP contribution in [0.15, 0.2) is 42.0 Å². The monoisotopic (exact) mass is 333 g/mol. The number of hydrogen-bond donors (Lipinski definition) is 2. The Morgan fingerprint density at radius 3 is 2.87 bits per heavy atom. The van der Waals surface area contributed by atoms with Crippen molar-refractivity contribution in [3.63, 3.8) is 0 Å². The van der Waals surface area contributed by atoms with Gasteiger partial charge in [0, 0.05) is 17.8 Å². The van der Waals surface area contributed by atoms with Crippen LogP contribution in [-0.2, 0) is 16.8 Å². The minimum absolute atomic E-state index is 0.0414. The number of fused-ring (bicyclic) bond motifs is 1. The SMILES string of the molecule is CC(O)(CNC(=O)Cc1cn2ccsc2n1)c1ccc(F)cc1. The molecule has 0 aliphatic carbocycles. The Morgan fingerprint density at radius 1 is 1.43 bits per heavy atom. The number of hydrogen-bond acceptors (Lipinski definition) is 4. The molecule has 0 aliphatic heterocycles. The topological polar surface area (TPSA) is 66.6 Å². The summed E-state index contributed by atoms with van der Waals surface area (Å²) in [6, 6.07) is 5.57. The van der Waals surface area contributed by atoms with Crippen LogP contribution in [0.3, 0.4) is 0 Å². The van der Waals surface area contributed by atoms with E-state index in [1.165, 1.54) is 35.6 Å². The Bertz CT molecular complexity index is 795. The molecule has 3 rings (SSSR count). The molecule has 1 amide bonds. The van der Waals surface area contributed by atoms with Crippen molar-refractivity contribution in [2.75, 3.05) is 6.54 Å². The normalized spacial score (nSPS) is 13.9. The van der Waals surface area contributed by atoms with E-state index in [0.29, 0.717) is 11.3 Å². The molecule has 1 unspecified atom stereocenters. The average Bonchev–Trinajstić information content (AvgIpc) is 3.07. The van der Waals surface area contributed by atoms with Gasteiger partial charge in [-0.2, -0.15) is 0 Å². The third-order valence-corrected chi connectivity index (χ3v) is 4.35. The lowest BCUT2D eigenvalue weighted by Crippen LogP contribution is -2.39. The van der Waals surface area contributed by atoms with E-state index in [0.717, 1.165) is 4.96 Å². The second-order valence-corrected chi connectivity index (χ2v) is 6.43. The van der Waals surface area contributed by atoms with Gasteiger partial charge in [-0.15, -0.1) is 11.3 Å². The van der Waals surface area contributed by atoms with Crippen LogP contribution in [-0.4, -0.2) is 26.9 Å². The number of nitrogens with zero attached hydrogens (tertiary/aromatic N) is 2. The van der Waals surface area contributed by atoms with E-state index in [9.17, 15) is 14.3 Å². The zero-order valence-corrected chi connectivity index (χ0v) is 13.3. The fourth-order valence-corrected chi connectivity index (χ4v) is 2.99. The molecule has 5 nitrogen and oxygen atoms in total. The van der Waals surface area contributed by atoms with Gasteiger partial charge in [-0.05, 0) is 24.6 Å². The summed E-state index contributed by atoms with van der Waals surface area (Å²) in [7, 11) is 0. The second kappa shape index (κ2) is 6.10. The van der Waals surface area contributed by atoms with Crippen molar-refractivity contribution in [3.05, 3.63) is 59.1 Å². The van der Waals surface area contributed by atoms with E-state index in [1.807, 2.05) is 22.2 Å². The first-order valence-electron chi connectivity index (χ1n) is 7.10. The molecule has 0 spiro atoms. The molecule has 0 saturated carbocycles. The molecule has 2 aromatic heterocycles. The third kappa shape index (κ3) is 3.57. The summed E-state index contributed by atoms with van der Waals surface area (Å²) in [5, 5.41) is 15.0. The minimum Gasteiger partial charge on any atom is -0.384 e. The molecule has 23 heavy (non-hydrogen) atoms. The van der Waals surface area contributed by atoms with Gasteiger partial charge in [0.15, 0.2) is 4.96 Å². The van der Waals surface area contributed by atoms with Gasteiger partial charge in [0.1, 0.15) is 11.4 Å². The molecule has 2 heterocycles. The van der Waals surface area contributed by atoms with Crippen LogP contribution in [0.5, 0.6) is 0 Å². The fraction of sp³-hybridized carbons (Fsp3) is 0.250. The number of benzene rings is 1. The van der Waals surface area contributed by atoms with Crippen molar-refractivity contribution in [1.82, 2.24) is 14.7 Å². The summed E-state index contributed by atoms with van der Waals surface area (Å²) in [6.45, 7) is 1.62. The number of aliphatic hydroxyl groups is 1. The van der Waals surface area contributed by atoms with Crippen molar-refractivity contribution < 1.29 is 14.3 Å². The van der Waals surface area contributed by atoms with Crippen molar-refractivity contribution in [3.8, 4) is 0 Å². The molecule has 2 N–H and O–H groups in total. The summed E-state index contributed by atoms with van der Waals surface area (Å²) in [4.78, 5) is 17.2. The summed E-state index contributed by atoms with van der Waals surface area (Å²) >= 11 is 1.50. The molecule has 3 aromatic rings. The summed E-state index contributed by atoms with van der Waals surface area (Å²) in [5.41, 5.74) is -0.0461. The highest BCUT2D eigenvalue weighted by molar-refractivity contribution is 7.15. The molecule has 0 radical (unpaired) electrons. The highest BCUT2D eigenvalue weighted by Crippen LogP contribution is 2.20. The predicted molar refractivity (Wildman–Crippen MR) is 85.8 cm³/mol. The smallest absolute Gasteiger partial charge is 0.226 e. The Morgan fingerprint density at radius 2 is 2.17 bits per heavy atom. The van der Waals surface area contributed by atoms with Crippen LogP contribution in [0.1, 0.15) is 18.2 Å². The summed E-state index contributed by atoms with van der Waals surface area (Å²) < 4.78 is 14.8. The number of aromatic nitrogens is 2. The Kier molecular flexibility index (Phi) is 4.14. The number of carbonyl (C=O) groups is 1. The third-order valence-electron chi connectivity index (χ3n) is 3.58. The molecular formula is C16H16FN3O2S. The van der Waals surface area contributed by atoms with Gasteiger partial charge in [-0.3, -0.25) is 9.20 Å². The average molecular weight is 333 g/mol. The first-order valence-corrected chi connectivity index (χ1v) is 7.98. The zero-order chi connectivity index (χ0) is 16.4. The van der Waals surface area contributed by atoms with E-state index in [4.69, 9.17) is 0 Å². The van der Waals surface area contributed by atoms with E-state index in [2.05, 4.69) is 10.3 Å².